The summed E-state index contributed by atoms with van der Waals surface area (Å²) in [6.45, 7) is 1.59. The summed E-state index contributed by atoms with van der Waals surface area (Å²) in [6, 6.07) is 13.5. The lowest BCUT2D eigenvalue weighted by Crippen LogP contribution is -2.42. The zero-order valence-electron chi connectivity index (χ0n) is 16.3. The van der Waals surface area contributed by atoms with Gasteiger partial charge in [-0.15, -0.1) is 30.4 Å². The van der Waals surface area contributed by atoms with Crippen molar-refractivity contribution in [1.29, 1.82) is 0 Å². The fraction of sp³-hybridized carbons (Fsp3) is 0.273. The van der Waals surface area contributed by atoms with E-state index in [2.05, 4.69) is 39.0 Å². The van der Waals surface area contributed by atoms with Crippen molar-refractivity contribution in [2.24, 2.45) is 4.99 Å². The Morgan fingerprint density at radius 1 is 1.24 bits per heavy atom. The Kier molecular flexibility index (Phi) is 8.80. The van der Waals surface area contributed by atoms with Crippen molar-refractivity contribution in [3.05, 3.63) is 59.2 Å². The first-order valence-corrected chi connectivity index (χ1v) is 9.23. The van der Waals surface area contributed by atoms with Gasteiger partial charge in [-0.25, -0.2) is 0 Å². The number of carbonyl (C=O) groups excluding carboxylic acids is 1. The molecular weight excluding hydrogens is 479 g/mol. The molecule has 0 saturated heterocycles. The van der Waals surface area contributed by atoms with Crippen molar-refractivity contribution in [2.45, 2.75) is 12.8 Å². The predicted molar refractivity (Wildman–Crippen MR) is 127 cm³/mol. The summed E-state index contributed by atoms with van der Waals surface area (Å²) >= 11 is 0. The number of fused-ring (bicyclic) bond motifs is 1. The smallest absolute Gasteiger partial charge is 0.243 e. The monoisotopic (exact) mass is 504 g/mol. The molecule has 1 aliphatic rings. The highest BCUT2D eigenvalue weighted by atomic mass is 127. The number of guanidine groups is 1. The van der Waals surface area contributed by atoms with Gasteiger partial charge < -0.3 is 20.7 Å². The topological polar surface area (TPSA) is 74.8 Å². The van der Waals surface area contributed by atoms with Crippen LogP contribution in [0.1, 0.15) is 16.7 Å². The Morgan fingerprint density at radius 3 is 2.90 bits per heavy atom. The molecule has 1 heterocycles. The average Bonchev–Trinajstić information content (AvgIpc) is 3.18. The number of amides is 1. The van der Waals surface area contributed by atoms with Crippen molar-refractivity contribution in [3.8, 4) is 18.1 Å². The molecule has 6 nitrogen and oxygen atoms in total. The maximum atomic E-state index is 12.1. The van der Waals surface area contributed by atoms with Gasteiger partial charge >= 0.3 is 0 Å². The highest BCUT2D eigenvalue weighted by Crippen LogP contribution is 2.25. The standard InChI is InChI=1S/C22H24N4O2.HI/c1-3-16-5-4-6-19(14-16)26-21(27)15-25-22(23-2)24-11-9-17-7-8-20-18(13-17)10-12-28-20;/h1,4-8,13-14H,9-12,15H2,2H3,(H,26,27)(H2,23,24,25);1H. The van der Waals surface area contributed by atoms with Gasteiger partial charge in [0, 0.05) is 31.3 Å². The third-order valence-electron chi connectivity index (χ3n) is 4.41. The Balaban J connectivity index is 0.00000300. The first kappa shape index (κ1) is 22.6. The van der Waals surface area contributed by atoms with E-state index >= 15 is 0 Å². The molecule has 2 aromatic rings. The number of halogens is 1. The van der Waals surface area contributed by atoms with E-state index in [1.165, 1.54) is 11.1 Å². The van der Waals surface area contributed by atoms with Crippen LogP contribution in [0.5, 0.6) is 5.75 Å². The second kappa shape index (κ2) is 11.3. The zero-order valence-corrected chi connectivity index (χ0v) is 18.7. The molecule has 0 aliphatic carbocycles. The minimum Gasteiger partial charge on any atom is -0.493 e. The van der Waals surface area contributed by atoms with Crippen LogP contribution < -0.4 is 20.7 Å². The number of terminal acetylenes is 1. The van der Waals surface area contributed by atoms with Crippen LogP contribution in [-0.2, 0) is 17.6 Å². The highest BCUT2D eigenvalue weighted by Gasteiger charge is 2.12. The van der Waals surface area contributed by atoms with Gasteiger partial charge in [-0.2, -0.15) is 0 Å². The number of hydrogen-bond acceptors (Lipinski definition) is 3. The fourth-order valence-corrected chi connectivity index (χ4v) is 3.00. The van der Waals surface area contributed by atoms with E-state index in [9.17, 15) is 4.79 Å². The summed E-state index contributed by atoms with van der Waals surface area (Å²) in [7, 11) is 1.68. The van der Waals surface area contributed by atoms with E-state index in [0.717, 1.165) is 30.8 Å². The lowest BCUT2D eigenvalue weighted by Gasteiger charge is -2.12. The molecule has 152 valence electrons. The molecule has 0 radical (unpaired) electrons. The SMILES string of the molecule is C#Cc1cccc(NC(=O)CNC(=NC)NCCc2ccc3c(c2)CCO3)c1.I. The van der Waals surface area contributed by atoms with E-state index in [4.69, 9.17) is 11.2 Å². The van der Waals surface area contributed by atoms with Crippen molar-refractivity contribution in [3.63, 3.8) is 0 Å². The molecule has 0 saturated carbocycles. The lowest BCUT2D eigenvalue weighted by atomic mass is 10.1. The third-order valence-corrected chi connectivity index (χ3v) is 4.41. The molecule has 0 spiro atoms. The molecule has 2 aromatic carbocycles. The van der Waals surface area contributed by atoms with Gasteiger partial charge in [0.1, 0.15) is 5.75 Å². The quantitative estimate of drug-likeness (QED) is 0.245. The van der Waals surface area contributed by atoms with Gasteiger partial charge in [0.2, 0.25) is 5.91 Å². The summed E-state index contributed by atoms with van der Waals surface area (Å²) in [6.07, 6.45) is 7.21. The van der Waals surface area contributed by atoms with Crippen LogP contribution in [0, 0.1) is 12.3 Å². The number of nitrogens with one attached hydrogen (secondary N) is 3. The fourth-order valence-electron chi connectivity index (χ4n) is 3.00. The van der Waals surface area contributed by atoms with E-state index in [1.54, 1.807) is 19.2 Å². The van der Waals surface area contributed by atoms with Gasteiger partial charge in [-0.1, -0.05) is 24.1 Å². The molecule has 1 amide bonds. The summed E-state index contributed by atoms with van der Waals surface area (Å²) < 4.78 is 5.53. The van der Waals surface area contributed by atoms with E-state index in [1.807, 2.05) is 18.2 Å². The van der Waals surface area contributed by atoms with Crippen molar-refractivity contribution < 1.29 is 9.53 Å². The van der Waals surface area contributed by atoms with Crippen LogP contribution in [0.2, 0.25) is 0 Å². The van der Waals surface area contributed by atoms with Crippen LogP contribution in [0.4, 0.5) is 5.69 Å². The average molecular weight is 504 g/mol. The lowest BCUT2D eigenvalue weighted by molar-refractivity contribution is -0.115. The summed E-state index contributed by atoms with van der Waals surface area (Å²) in [5.41, 5.74) is 3.91. The predicted octanol–water partition coefficient (Wildman–Crippen LogP) is 2.57. The molecule has 0 bridgehead atoms. The largest absolute Gasteiger partial charge is 0.493 e. The number of ether oxygens (including phenoxy) is 1. The number of hydrogen-bond donors (Lipinski definition) is 3. The number of rotatable bonds is 6. The molecule has 3 N–H and O–H groups in total. The molecule has 1 aliphatic heterocycles. The molecule has 7 heteroatoms. The van der Waals surface area contributed by atoms with Gasteiger partial charge in [0.05, 0.1) is 13.2 Å². The molecule has 0 aromatic heterocycles. The minimum absolute atomic E-state index is 0. The summed E-state index contributed by atoms with van der Waals surface area (Å²) in [5, 5.41) is 9.05. The molecule has 29 heavy (non-hydrogen) atoms. The summed E-state index contributed by atoms with van der Waals surface area (Å²) in [5.74, 6) is 3.95. The minimum atomic E-state index is -0.171. The van der Waals surface area contributed by atoms with Gasteiger partial charge in [-0.05, 0) is 41.8 Å². The third kappa shape index (κ3) is 6.68. The maximum Gasteiger partial charge on any atom is 0.243 e. The molecule has 3 rings (SSSR count). The van der Waals surface area contributed by atoms with Gasteiger partial charge in [-0.3, -0.25) is 9.79 Å². The Bertz CT molecular complexity index is 921. The Labute approximate surface area is 188 Å². The Morgan fingerprint density at radius 2 is 2.10 bits per heavy atom. The van der Waals surface area contributed by atoms with Gasteiger partial charge in [0.25, 0.3) is 0 Å². The second-order valence-electron chi connectivity index (χ2n) is 6.42. The number of aliphatic imine (C=N–C) groups is 1. The number of nitrogens with zero attached hydrogens (tertiary/aromatic N) is 1. The molecule has 0 atom stereocenters. The van der Waals surface area contributed by atoms with E-state index < -0.39 is 0 Å². The van der Waals surface area contributed by atoms with Crippen LogP contribution in [-0.4, -0.2) is 38.6 Å². The molecule has 0 unspecified atom stereocenters. The molecule has 0 fully saturated rings. The van der Waals surface area contributed by atoms with Crippen LogP contribution in [0.15, 0.2) is 47.5 Å². The van der Waals surface area contributed by atoms with E-state index in [0.29, 0.717) is 18.2 Å². The zero-order chi connectivity index (χ0) is 19.8. The van der Waals surface area contributed by atoms with Crippen molar-refractivity contribution >= 4 is 41.5 Å². The first-order valence-electron chi connectivity index (χ1n) is 9.23. The maximum absolute atomic E-state index is 12.1. The Hall–Kier alpha value is -2.73. The van der Waals surface area contributed by atoms with Gasteiger partial charge in [0.15, 0.2) is 5.96 Å². The van der Waals surface area contributed by atoms with E-state index in [-0.39, 0.29) is 36.4 Å². The summed E-state index contributed by atoms with van der Waals surface area (Å²) in [4.78, 5) is 16.3. The van der Waals surface area contributed by atoms with Crippen LogP contribution >= 0.6 is 24.0 Å². The van der Waals surface area contributed by atoms with Crippen molar-refractivity contribution in [1.82, 2.24) is 10.6 Å². The number of carbonyl (C=O) groups is 1. The number of anilines is 1. The normalized spacial score (nSPS) is 12.1. The second-order valence-corrected chi connectivity index (χ2v) is 6.42. The van der Waals surface area contributed by atoms with Crippen LogP contribution in [0.25, 0.3) is 0 Å². The van der Waals surface area contributed by atoms with Crippen molar-refractivity contribution in [2.75, 3.05) is 32.1 Å². The first-order chi connectivity index (χ1) is 13.7. The van der Waals surface area contributed by atoms with Crippen LogP contribution in [0.3, 0.4) is 0 Å². The molecular formula is C22H25IN4O2. The highest BCUT2D eigenvalue weighted by molar-refractivity contribution is 14.0. The number of benzene rings is 2.